The summed E-state index contributed by atoms with van der Waals surface area (Å²) in [6.07, 6.45) is -4.22. The molecule has 0 fully saturated rings. The second-order valence-electron chi connectivity index (χ2n) is 6.71. The molecule has 0 amide bonds. The van der Waals surface area contributed by atoms with Crippen molar-refractivity contribution in [2.75, 3.05) is 0 Å². The SMILES string of the molecule is CCc1ccc(-c2cc(F)c(C(F)(F)Oc3cc(F)c(F)c(F)c3C)c(F)c2)c(F)c1. The first-order chi connectivity index (χ1) is 14.5. The Balaban J connectivity index is 2.03. The molecular weight excluding hydrogens is 432 g/mol. The molecule has 0 aliphatic carbocycles. The normalized spacial score (nSPS) is 11.7. The van der Waals surface area contributed by atoms with Gasteiger partial charge in [-0.25, -0.2) is 26.3 Å². The van der Waals surface area contributed by atoms with E-state index in [2.05, 4.69) is 4.74 Å². The monoisotopic (exact) mass is 446 g/mol. The molecule has 0 radical (unpaired) electrons. The van der Waals surface area contributed by atoms with E-state index < -0.39 is 57.9 Å². The molecule has 0 aliphatic rings. The first-order valence-corrected chi connectivity index (χ1v) is 8.95. The van der Waals surface area contributed by atoms with E-state index >= 15 is 0 Å². The van der Waals surface area contributed by atoms with Crippen molar-refractivity contribution >= 4 is 0 Å². The van der Waals surface area contributed by atoms with E-state index in [9.17, 15) is 35.1 Å². The number of hydrogen-bond donors (Lipinski definition) is 0. The molecule has 0 unspecified atom stereocenters. The van der Waals surface area contributed by atoms with Gasteiger partial charge in [0.25, 0.3) is 0 Å². The number of benzene rings is 3. The van der Waals surface area contributed by atoms with Gasteiger partial charge in [0.05, 0.1) is 0 Å². The van der Waals surface area contributed by atoms with E-state index in [1.165, 1.54) is 12.1 Å². The van der Waals surface area contributed by atoms with Crippen molar-refractivity contribution < 1.29 is 39.9 Å². The van der Waals surface area contributed by atoms with E-state index in [0.717, 1.165) is 13.0 Å². The summed E-state index contributed by atoms with van der Waals surface area (Å²) >= 11 is 0. The Bertz CT molecular complexity index is 1130. The van der Waals surface area contributed by atoms with Crippen LogP contribution < -0.4 is 4.74 Å². The van der Waals surface area contributed by atoms with Crippen LogP contribution in [0.3, 0.4) is 0 Å². The van der Waals surface area contributed by atoms with E-state index in [-0.39, 0.29) is 17.2 Å². The van der Waals surface area contributed by atoms with Crippen molar-refractivity contribution in [1.29, 1.82) is 0 Å². The van der Waals surface area contributed by atoms with Gasteiger partial charge in [-0.3, -0.25) is 0 Å². The summed E-state index contributed by atoms with van der Waals surface area (Å²) < 4.78 is 117. The molecule has 31 heavy (non-hydrogen) atoms. The zero-order chi connectivity index (χ0) is 23.1. The highest BCUT2D eigenvalue weighted by molar-refractivity contribution is 5.65. The molecule has 0 heterocycles. The standard InChI is InChI=1S/C22H14F8O/c1-3-11-4-5-13(14(23)6-11)12-7-15(24)19(16(25)8-12)22(29,30)31-18-9-17(26)21(28)20(27)10(18)2/h4-9H,3H2,1-2H3. The Hall–Kier alpha value is -3.10. The molecule has 0 N–H and O–H groups in total. The average molecular weight is 446 g/mol. The average Bonchev–Trinajstić information content (AvgIpc) is 2.69. The molecule has 3 aromatic rings. The van der Waals surface area contributed by atoms with Crippen LogP contribution in [0.25, 0.3) is 11.1 Å². The van der Waals surface area contributed by atoms with Gasteiger partial charge >= 0.3 is 6.11 Å². The minimum absolute atomic E-state index is 0.135. The fourth-order valence-electron chi connectivity index (χ4n) is 2.98. The predicted octanol–water partition coefficient (Wildman–Crippen LogP) is 7.19. The molecule has 0 aliphatic heterocycles. The molecule has 3 aromatic carbocycles. The summed E-state index contributed by atoms with van der Waals surface area (Å²) in [6.45, 7) is 2.59. The molecule has 164 valence electrons. The van der Waals surface area contributed by atoms with Crippen molar-refractivity contribution in [3.8, 4) is 16.9 Å². The Morgan fingerprint density at radius 3 is 1.94 bits per heavy atom. The predicted molar refractivity (Wildman–Crippen MR) is 96.7 cm³/mol. The van der Waals surface area contributed by atoms with Gasteiger partial charge in [0.2, 0.25) is 0 Å². The molecule has 0 bridgehead atoms. The summed E-state index contributed by atoms with van der Waals surface area (Å²) in [5.74, 6) is -11.0. The van der Waals surface area contributed by atoms with Crippen molar-refractivity contribution in [2.45, 2.75) is 26.4 Å². The number of hydrogen-bond acceptors (Lipinski definition) is 1. The minimum Gasteiger partial charge on any atom is -0.428 e. The molecule has 3 rings (SSSR count). The van der Waals surface area contributed by atoms with Crippen molar-refractivity contribution in [3.05, 3.63) is 88.0 Å². The van der Waals surface area contributed by atoms with Crippen LogP contribution in [0, 0.1) is 41.8 Å². The summed E-state index contributed by atoms with van der Waals surface area (Å²) in [5.41, 5.74) is -2.62. The molecule has 9 heteroatoms. The molecule has 0 saturated heterocycles. The number of halogens is 8. The lowest BCUT2D eigenvalue weighted by molar-refractivity contribution is -0.190. The fourth-order valence-corrected chi connectivity index (χ4v) is 2.98. The number of rotatable bonds is 5. The van der Waals surface area contributed by atoms with Crippen LogP contribution in [0.1, 0.15) is 23.6 Å². The van der Waals surface area contributed by atoms with Crippen molar-refractivity contribution in [2.24, 2.45) is 0 Å². The Morgan fingerprint density at radius 2 is 1.39 bits per heavy atom. The third kappa shape index (κ3) is 4.22. The van der Waals surface area contributed by atoms with Gasteiger partial charge in [-0.1, -0.05) is 19.1 Å². The highest BCUT2D eigenvalue weighted by Gasteiger charge is 2.42. The van der Waals surface area contributed by atoms with E-state index in [4.69, 9.17) is 0 Å². The second kappa shape index (κ2) is 8.20. The Labute approximate surface area is 171 Å². The van der Waals surface area contributed by atoms with Gasteiger partial charge in [-0.2, -0.15) is 8.78 Å². The summed E-state index contributed by atoms with van der Waals surface area (Å²) in [4.78, 5) is 0. The van der Waals surface area contributed by atoms with Gasteiger partial charge in [-0.05, 0) is 42.7 Å². The number of ether oxygens (including phenoxy) is 1. The lowest BCUT2D eigenvalue weighted by atomic mass is 10.00. The maximum Gasteiger partial charge on any atom is 0.432 e. The van der Waals surface area contributed by atoms with E-state index in [0.29, 0.717) is 24.1 Å². The molecule has 0 aromatic heterocycles. The maximum absolute atomic E-state index is 14.5. The molecule has 1 nitrogen and oxygen atoms in total. The quantitative estimate of drug-likeness (QED) is 0.298. The van der Waals surface area contributed by atoms with E-state index in [1.54, 1.807) is 6.92 Å². The lowest BCUT2D eigenvalue weighted by Gasteiger charge is -2.21. The van der Waals surface area contributed by atoms with Gasteiger partial charge in [0.1, 0.15) is 28.8 Å². The van der Waals surface area contributed by atoms with Gasteiger partial charge < -0.3 is 4.74 Å². The zero-order valence-electron chi connectivity index (χ0n) is 16.1. The summed E-state index contributed by atoms with van der Waals surface area (Å²) in [6, 6.07) is 5.02. The fraction of sp³-hybridized carbons (Fsp3) is 0.182. The van der Waals surface area contributed by atoms with Gasteiger partial charge in [0.15, 0.2) is 17.5 Å². The number of aryl methyl sites for hydroxylation is 1. The second-order valence-corrected chi connectivity index (χ2v) is 6.71. The first-order valence-electron chi connectivity index (χ1n) is 8.95. The molecule has 0 saturated carbocycles. The largest absolute Gasteiger partial charge is 0.432 e. The Kier molecular flexibility index (Phi) is 5.98. The summed E-state index contributed by atoms with van der Waals surface area (Å²) in [5, 5.41) is 0. The van der Waals surface area contributed by atoms with Crippen LogP contribution in [-0.4, -0.2) is 0 Å². The maximum atomic E-state index is 14.5. The van der Waals surface area contributed by atoms with Crippen LogP contribution >= 0.6 is 0 Å². The van der Waals surface area contributed by atoms with Crippen LogP contribution in [0.2, 0.25) is 0 Å². The van der Waals surface area contributed by atoms with Crippen LogP contribution in [0.15, 0.2) is 36.4 Å². The highest BCUT2D eigenvalue weighted by atomic mass is 19.3. The van der Waals surface area contributed by atoms with Crippen molar-refractivity contribution in [3.63, 3.8) is 0 Å². The van der Waals surface area contributed by atoms with Crippen LogP contribution in [-0.2, 0) is 12.5 Å². The minimum atomic E-state index is -4.72. The smallest absolute Gasteiger partial charge is 0.428 e. The zero-order valence-corrected chi connectivity index (χ0v) is 16.1. The number of alkyl halides is 2. The molecular formula is C22H14F8O. The third-order valence-electron chi connectivity index (χ3n) is 4.68. The van der Waals surface area contributed by atoms with Crippen LogP contribution in [0.5, 0.6) is 5.75 Å². The Morgan fingerprint density at radius 1 is 0.774 bits per heavy atom. The highest BCUT2D eigenvalue weighted by Crippen LogP contribution is 2.39. The van der Waals surface area contributed by atoms with Crippen LogP contribution in [0.4, 0.5) is 35.1 Å². The lowest BCUT2D eigenvalue weighted by Crippen LogP contribution is -2.26. The summed E-state index contributed by atoms with van der Waals surface area (Å²) in [7, 11) is 0. The third-order valence-corrected chi connectivity index (χ3v) is 4.68. The first kappa shape index (κ1) is 22.6. The molecule has 0 spiro atoms. The topological polar surface area (TPSA) is 9.23 Å². The van der Waals surface area contributed by atoms with Gasteiger partial charge in [0, 0.05) is 17.2 Å². The molecule has 0 atom stereocenters. The van der Waals surface area contributed by atoms with E-state index in [1.807, 2.05) is 0 Å². The van der Waals surface area contributed by atoms with Crippen molar-refractivity contribution in [1.82, 2.24) is 0 Å². The van der Waals surface area contributed by atoms with Gasteiger partial charge in [-0.15, -0.1) is 0 Å².